The van der Waals surface area contributed by atoms with E-state index in [2.05, 4.69) is 15.2 Å². The van der Waals surface area contributed by atoms with Gasteiger partial charge in [0.25, 0.3) is 0 Å². The van der Waals surface area contributed by atoms with E-state index < -0.39 is 0 Å². The lowest BCUT2D eigenvalue weighted by atomic mass is 9.95. The molecule has 186 valence electrons. The lowest BCUT2D eigenvalue weighted by molar-refractivity contribution is -0.125. The van der Waals surface area contributed by atoms with Crippen LogP contribution in [-0.4, -0.2) is 40.2 Å². The van der Waals surface area contributed by atoms with Gasteiger partial charge < -0.3 is 15.0 Å². The number of aromatic nitrogens is 3. The van der Waals surface area contributed by atoms with Crippen LogP contribution in [0.2, 0.25) is 0 Å². The number of fused-ring (bicyclic) bond motifs is 1. The first-order chi connectivity index (χ1) is 17.5. The second kappa shape index (κ2) is 10.4. The maximum atomic E-state index is 13.4. The van der Waals surface area contributed by atoms with E-state index in [4.69, 9.17) is 9.84 Å². The van der Waals surface area contributed by atoms with Crippen LogP contribution in [0.3, 0.4) is 0 Å². The quantitative estimate of drug-likeness (QED) is 0.406. The molecule has 0 bridgehead atoms. The minimum Gasteiger partial charge on any atom is -0.494 e. The normalized spacial score (nSPS) is 14.2. The van der Waals surface area contributed by atoms with E-state index in [0.717, 1.165) is 65.7 Å². The third-order valence-corrected chi connectivity index (χ3v) is 6.59. The summed E-state index contributed by atoms with van der Waals surface area (Å²) >= 11 is 0. The van der Waals surface area contributed by atoms with Crippen molar-refractivity contribution in [3.63, 3.8) is 0 Å². The minimum absolute atomic E-state index is 0.0358. The van der Waals surface area contributed by atoms with Crippen LogP contribution in [0.4, 0.5) is 10.2 Å². The van der Waals surface area contributed by atoms with Gasteiger partial charge >= 0.3 is 0 Å². The van der Waals surface area contributed by atoms with Gasteiger partial charge in [0.05, 0.1) is 12.3 Å². The molecular formula is C28H30FN5O2. The monoisotopic (exact) mass is 487 g/mol. The first kappa shape index (κ1) is 23.8. The van der Waals surface area contributed by atoms with E-state index in [9.17, 15) is 9.18 Å². The van der Waals surface area contributed by atoms with Gasteiger partial charge in [0, 0.05) is 54.5 Å². The zero-order chi connectivity index (χ0) is 25.1. The number of nitrogens with one attached hydrogen (secondary N) is 1. The second-order valence-electron chi connectivity index (χ2n) is 9.08. The highest BCUT2D eigenvalue weighted by Crippen LogP contribution is 2.27. The summed E-state index contributed by atoms with van der Waals surface area (Å²) < 4.78 is 20.9. The number of hydrogen-bond donors (Lipinski definition) is 1. The van der Waals surface area contributed by atoms with Crippen molar-refractivity contribution in [3.8, 4) is 17.0 Å². The fourth-order valence-corrected chi connectivity index (χ4v) is 4.71. The Bertz CT molecular complexity index is 1360. The van der Waals surface area contributed by atoms with E-state index >= 15 is 0 Å². The topological polar surface area (TPSA) is 71.8 Å². The van der Waals surface area contributed by atoms with Crippen molar-refractivity contribution >= 4 is 17.4 Å². The number of anilines is 1. The molecule has 1 amide bonds. The molecule has 0 spiro atoms. The summed E-state index contributed by atoms with van der Waals surface area (Å²) in [6.45, 7) is 6.46. The number of nitrogens with zero attached hydrogens (tertiary/aromatic N) is 4. The highest BCUT2D eigenvalue weighted by atomic mass is 19.1. The standard InChI is InChI=1S/C28H30FN5O2/c1-3-36-25-7-5-4-6-22(25)18-30-28(35)21-12-14-33(15-13-21)27-16-19(2)31-26-17-24(32-34(26)27)20-8-10-23(29)11-9-20/h4-11,16-17,21H,3,12-15,18H2,1-2H3,(H,30,35). The molecule has 2 aromatic heterocycles. The molecule has 4 aromatic rings. The molecule has 1 fully saturated rings. The van der Waals surface area contributed by atoms with E-state index in [1.54, 1.807) is 12.1 Å². The molecule has 1 N–H and O–H groups in total. The predicted molar refractivity (Wildman–Crippen MR) is 138 cm³/mol. The molecule has 5 rings (SSSR count). The van der Waals surface area contributed by atoms with Crippen molar-refractivity contribution in [2.24, 2.45) is 5.92 Å². The Morgan fingerprint density at radius 1 is 1.11 bits per heavy atom. The van der Waals surface area contributed by atoms with Crippen LogP contribution in [0.25, 0.3) is 16.9 Å². The number of benzene rings is 2. The Morgan fingerprint density at radius 2 is 1.86 bits per heavy atom. The summed E-state index contributed by atoms with van der Waals surface area (Å²) in [4.78, 5) is 19.8. The fraction of sp³-hybridized carbons (Fsp3) is 0.321. The van der Waals surface area contributed by atoms with Gasteiger partial charge in [0.1, 0.15) is 17.4 Å². The summed E-state index contributed by atoms with van der Waals surface area (Å²) in [6, 6.07) is 18.1. The molecule has 0 saturated carbocycles. The summed E-state index contributed by atoms with van der Waals surface area (Å²) in [5.74, 6) is 1.53. The van der Waals surface area contributed by atoms with Gasteiger partial charge in [-0.1, -0.05) is 18.2 Å². The van der Waals surface area contributed by atoms with Gasteiger partial charge in [-0.05, 0) is 57.0 Å². The molecule has 0 radical (unpaired) electrons. The largest absolute Gasteiger partial charge is 0.494 e. The summed E-state index contributed by atoms with van der Waals surface area (Å²) in [6.07, 6.45) is 1.52. The molecule has 2 aromatic carbocycles. The first-order valence-corrected chi connectivity index (χ1v) is 12.4. The van der Waals surface area contributed by atoms with Crippen LogP contribution >= 0.6 is 0 Å². The number of rotatable bonds is 7. The maximum Gasteiger partial charge on any atom is 0.223 e. The molecule has 8 heteroatoms. The number of carbonyl (C=O) groups is 1. The van der Waals surface area contributed by atoms with Crippen molar-refractivity contribution < 1.29 is 13.9 Å². The number of amides is 1. The summed E-state index contributed by atoms with van der Waals surface area (Å²) in [5.41, 5.74) is 4.21. The Hall–Kier alpha value is -3.94. The number of piperidine rings is 1. The zero-order valence-electron chi connectivity index (χ0n) is 20.6. The fourth-order valence-electron chi connectivity index (χ4n) is 4.71. The number of para-hydroxylation sites is 1. The molecule has 1 aliphatic rings. The highest BCUT2D eigenvalue weighted by molar-refractivity contribution is 5.79. The number of ether oxygens (including phenoxy) is 1. The summed E-state index contributed by atoms with van der Waals surface area (Å²) in [5, 5.41) is 7.86. The van der Waals surface area contributed by atoms with Crippen LogP contribution < -0.4 is 15.0 Å². The average molecular weight is 488 g/mol. The van der Waals surface area contributed by atoms with E-state index in [1.807, 2.05) is 54.8 Å². The predicted octanol–water partition coefficient (Wildman–Crippen LogP) is 4.78. The number of carbonyl (C=O) groups excluding carboxylic acids is 1. The zero-order valence-corrected chi connectivity index (χ0v) is 20.6. The van der Waals surface area contributed by atoms with Gasteiger partial charge in [0.15, 0.2) is 5.65 Å². The molecule has 7 nitrogen and oxygen atoms in total. The molecule has 1 aliphatic heterocycles. The van der Waals surface area contributed by atoms with Crippen molar-refractivity contribution in [1.29, 1.82) is 0 Å². The molecule has 1 saturated heterocycles. The number of aryl methyl sites for hydroxylation is 1. The lowest BCUT2D eigenvalue weighted by Crippen LogP contribution is -2.41. The molecule has 0 unspecified atom stereocenters. The van der Waals surface area contributed by atoms with Gasteiger partial charge in [-0.3, -0.25) is 4.79 Å². The van der Waals surface area contributed by atoms with Crippen molar-refractivity contribution in [1.82, 2.24) is 19.9 Å². The third kappa shape index (κ3) is 5.03. The average Bonchev–Trinajstić information content (AvgIpc) is 3.32. The van der Waals surface area contributed by atoms with E-state index in [1.165, 1.54) is 12.1 Å². The van der Waals surface area contributed by atoms with Crippen LogP contribution in [0.15, 0.2) is 60.7 Å². The van der Waals surface area contributed by atoms with Gasteiger partial charge in [-0.25, -0.2) is 9.37 Å². The van der Waals surface area contributed by atoms with Crippen LogP contribution in [0.1, 0.15) is 31.0 Å². The summed E-state index contributed by atoms with van der Waals surface area (Å²) in [7, 11) is 0. The molecule has 0 aliphatic carbocycles. The number of hydrogen-bond acceptors (Lipinski definition) is 5. The van der Waals surface area contributed by atoms with Crippen LogP contribution in [0.5, 0.6) is 5.75 Å². The first-order valence-electron chi connectivity index (χ1n) is 12.4. The van der Waals surface area contributed by atoms with E-state index in [0.29, 0.717) is 13.2 Å². The molecule has 36 heavy (non-hydrogen) atoms. The van der Waals surface area contributed by atoms with Crippen molar-refractivity contribution in [2.45, 2.75) is 33.2 Å². The van der Waals surface area contributed by atoms with Crippen LogP contribution in [-0.2, 0) is 11.3 Å². The smallest absolute Gasteiger partial charge is 0.223 e. The van der Waals surface area contributed by atoms with Crippen molar-refractivity contribution in [3.05, 3.63) is 77.7 Å². The Morgan fingerprint density at radius 3 is 2.61 bits per heavy atom. The van der Waals surface area contributed by atoms with Gasteiger partial charge in [-0.2, -0.15) is 9.61 Å². The maximum absolute atomic E-state index is 13.4. The number of halogens is 1. The van der Waals surface area contributed by atoms with E-state index in [-0.39, 0.29) is 17.6 Å². The van der Waals surface area contributed by atoms with Gasteiger partial charge in [0.2, 0.25) is 5.91 Å². The SMILES string of the molecule is CCOc1ccccc1CNC(=O)C1CCN(c2cc(C)nc3cc(-c4ccc(F)cc4)nn23)CC1. The third-order valence-electron chi connectivity index (χ3n) is 6.59. The Kier molecular flexibility index (Phi) is 6.84. The molecular weight excluding hydrogens is 457 g/mol. The Balaban J connectivity index is 1.26. The van der Waals surface area contributed by atoms with Crippen molar-refractivity contribution in [2.75, 3.05) is 24.6 Å². The Labute approximate surface area is 209 Å². The van der Waals surface area contributed by atoms with Gasteiger partial charge in [-0.15, -0.1) is 0 Å². The second-order valence-corrected chi connectivity index (χ2v) is 9.08. The minimum atomic E-state index is -0.275. The lowest BCUT2D eigenvalue weighted by Gasteiger charge is -2.33. The van der Waals surface area contributed by atoms with Crippen LogP contribution in [0, 0.1) is 18.7 Å². The molecule has 3 heterocycles. The highest BCUT2D eigenvalue weighted by Gasteiger charge is 2.27. The molecule has 0 atom stereocenters.